The van der Waals surface area contributed by atoms with E-state index in [4.69, 9.17) is 0 Å². The lowest BCUT2D eigenvalue weighted by atomic mass is 9.78. The Kier molecular flexibility index (Phi) is 4.76. The molecule has 1 aromatic heterocycles. The third kappa shape index (κ3) is 3.30. The van der Waals surface area contributed by atoms with E-state index in [0.717, 1.165) is 49.2 Å². The van der Waals surface area contributed by atoms with Gasteiger partial charge in [-0.05, 0) is 61.8 Å². The normalized spacial score (nSPS) is 20.7. The van der Waals surface area contributed by atoms with Gasteiger partial charge in [0.15, 0.2) is 0 Å². The lowest BCUT2D eigenvalue weighted by Gasteiger charge is -2.33. The molecular weight excluding hydrogens is 310 g/mol. The van der Waals surface area contributed by atoms with Crippen LogP contribution in [0.25, 0.3) is 10.9 Å². The number of aromatic amines is 1. The Morgan fingerprint density at radius 2 is 1.91 bits per heavy atom. The summed E-state index contributed by atoms with van der Waals surface area (Å²) in [4.78, 5) is 17.8. The van der Waals surface area contributed by atoms with Crippen LogP contribution in [0.4, 0.5) is 0 Å². The molecule has 2 aromatic rings. The molecule has 0 atom stereocenters. The number of benzene rings is 1. The van der Waals surface area contributed by atoms with Crippen molar-refractivity contribution in [3.63, 3.8) is 0 Å². The van der Waals surface area contributed by atoms with Gasteiger partial charge in [0.25, 0.3) is 5.56 Å². The first-order valence-electron chi connectivity index (χ1n) is 8.28. The van der Waals surface area contributed by atoms with Crippen LogP contribution >= 0.6 is 12.4 Å². The topological polar surface area (TPSA) is 48.1 Å². The molecule has 2 saturated heterocycles. The van der Waals surface area contributed by atoms with Crippen LogP contribution in [-0.2, 0) is 6.54 Å². The van der Waals surface area contributed by atoms with E-state index in [9.17, 15) is 4.79 Å². The SMILES string of the molecule is Cl.O=c1[nH]c2ccccc2cc1CN1CCC2(CCNCC2)C1. The number of halogens is 1. The van der Waals surface area contributed by atoms with Gasteiger partial charge in [-0.1, -0.05) is 18.2 Å². The Labute approximate surface area is 142 Å². The zero-order chi connectivity index (χ0) is 15.0. The standard InChI is InChI=1S/C18H23N3O.ClH/c22-17-15(11-14-3-1-2-4-16(14)20-17)12-21-10-7-18(13-21)5-8-19-9-6-18;/h1-4,11,19H,5-10,12-13H2,(H,20,22);1H. The molecule has 2 fully saturated rings. The van der Waals surface area contributed by atoms with Crippen LogP contribution in [0.3, 0.4) is 0 Å². The maximum atomic E-state index is 12.3. The van der Waals surface area contributed by atoms with Gasteiger partial charge in [0, 0.05) is 24.2 Å². The van der Waals surface area contributed by atoms with Gasteiger partial charge in [0.05, 0.1) is 0 Å². The fourth-order valence-corrected chi connectivity index (χ4v) is 4.08. The van der Waals surface area contributed by atoms with E-state index >= 15 is 0 Å². The number of likely N-dealkylation sites (tertiary alicyclic amines) is 1. The fourth-order valence-electron chi connectivity index (χ4n) is 4.08. The highest BCUT2D eigenvalue weighted by Gasteiger charge is 2.38. The van der Waals surface area contributed by atoms with Crippen molar-refractivity contribution in [1.29, 1.82) is 0 Å². The number of nitrogens with zero attached hydrogens (tertiary/aromatic N) is 1. The number of hydrogen-bond donors (Lipinski definition) is 2. The minimum Gasteiger partial charge on any atom is -0.322 e. The smallest absolute Gasteiger partial charge is 0.252 e. The summed E-state index contributed by atoms with van der Waals surface area (Å²) in [7, 11) is 0. The van der Waals surface area contributed by atoms with Gasteiger partial charge in [-0.3, -0.25) is 9.69 Å². The van der Waals surface area contributed by atoms with Crippen molar-refractivity contribution in [2.45, 2.75) is 25.8 Å². The molecule has 0 bridgehead atoms. The van der Waals surface area contributed by atoms with Crippen LogP contribution in [-0.4, -0.2) is 36.1 Å². The minimum atomic E-state index is 0. The molecule has 124 valence electrons. The maximum absolute atomic E-state index is 12.3. The Balaban J connectivity index is 0.00000156. The summed E-state index contributed by atoms with van der Waals surface area (Å²) in [5, 5.41) is 4.57. The zero-order valence-electron chi connectivity index (χ0n) is 13.3. The molecule has 2 aliphatic heterocycles. The number of fused-ring (bicyclic) bond motifs is 1. The van der Waals surface area contributed by atoms with Crippen LogP contribution in [0.15, 0.2) is 35.1 Å². The average Bonchev–Trinajstić information content (AvgIpc) is 2.91. The third-order valence-electron chi connectivity index (χ3n) is 5.41. The lowest BCUT2D eigenvalue weighted by Crippen LogP contribution is -2.38. The van der Waals surface area contributed by atoms with E-state index in [0.29, 0.717) is 5.41 Å². The van der Waals surface area contributed by atoms with E-state index in [1.165, 1.54) is 19.3 Å². The predicted molar refractivity (Wildman–Crippen MR) is 96.2 cm³/mol. The van der Waals surface area contributed by atoms with Crippen molar-refractivity contribution in [3.05, 3.63) is 46.2 Å². The number of piperidine rings is 1. The Bertz CT molecular complexity index is 736. The summed E-state index contributed by atoms with van der Waals surface area (Å²) in [5.41, 5.74) is 2.37. The second-order valence-electron chi connectivity index (χ2n) is 6.92. The van der Waals surface area contributed by atoms with Crippen LogP contribution in [0, 0.1) is 5.41 Å². The van der Waals surface area contributed by atoms with Crippen molar-refractivity contribution in [3.8, 4) is 0 Å². The Morgan fingerprint density at radius 1 is 1.13 bits per heavy atom. The van der Waals surface area contributed by atoms with Crippen LogP contribution < -0.4 is 10.9 Å². The van der Waals surface area contributed by atoms with Crippen LogP contribution in [0.1, 0.15) is 24.8 Å². The van der Waals surface area contributed by atoms with E-state index < -0.39 is 0 Å². The number of hydrogen-bond acceptors (Lipinski definition) is 3. The van der Waals surface area contributed by atoms with E-state index in [1.54, 1.807) is 0 Å². The molecule has 2 aliphatic rings. The highest BCUT2D eigenvalue weighted by atomic mass is 35.5. The Morgan fingerprint density at radius 3 is 2.74 bits per heavy atom. The van der Waals surface area contributed by atoms with Crippen molar-refractivity contribution < 1.29 is 0 Å². The summed E-state index contributed by atoms with van der Waals surface area (Å²) in [5.74, 6) is 0. The molecule has 4 rings (SSSR count). The second kappa shape index (κ2) is 6.63. The number of H-pyrrole nitrogens is 1. The molecular formula is C18H24ClN3O. The van der Waals surface area contributed by atoms with E-state index in [2.05, 4.69) is 27.3 Å². The maximum Gasteiger partial charge on any atom is 0.252 e. The van der Waals surface area contributed by atoms with Gasteiger partial charge in [-0.25, -0.2) is 0 Å². The molecule has 5 heteroatoms. The first-order chi connectivity index (χ1) is 10.7. The largest absolute Gasteiger partial charge is 0.322 e. The van der Waals surface area contributed by atoms with Crippen LogP contribution in [0.2, 0.25) is 0 Å². The molecule has 0 saturated carbocycles. The van der Waals surface area contributed by atoms with Crippen molar-refractivity contribution in [1.82, 2.24) is 15.2 Å². The highest BCUT2D eigenvalue weighted by molar-refractivity contribution is 5.85. The number of pyridine rings is 1. The fraction of sp³-hybridized carbons (Fsp3) is 0.500. The summed E-state index contributed by atoms with van der Waals surface area (Å²) >= 11 is 0. The van der Waals surface area contributed by atoms with E-state index in [-0.39, 0.29) is 18.0 Å². The minimum absolute atomic E-state index is 0. The number of aromatic nitrogens is 1. The predicted octanol–water partition coefficient (Wildman–Crippen LogP) is 2.53. The monoisotopic (exact) mass is 333 g/mol. The summed E-state index contributed by atoms with van der Waals surface area (Å²) in [6.45, 7) is 5.32. The molecule has 4 nitrogen and oxygen atoms in total. The third-order valence-corrected chi connectivity index (χ3v) is 5.41. The number of para-hydroxylation sites is 1. The Hall–Kier alpha value is -1.36. The zero-order valence-corrected chi connectivity index (χ0v) is 14.1. The number of rotatable bonds is 2. The summed E-state index contributed by atoms with van der Waals surface area (Å²) < 4.78 is 0. The molecule has 23 heavy (non-hydrogen) atoms. The van der Waals surface area contributed by atoms with Gasteiger partial charge in [0.1, 0.15) is 0 Å². The van der Waals surface area contributed by atoms with Gasteiger partial charge in [0.2, 0.25) is 0 Å². The number of nitrogens with one attached hydrogen (secondary N) is 2. The molecule has 0 aliphatic carbocycles. The summed E-state index contributed by atoms with van der Waals surface area (Å²) in [6.07, 6.45) is 3.83. The average molecular weight is 334 g/mol. The molecule has 0 amide bonds. The van der Waals surface area contributed by atoms with Crippen molar-refractivity contribution in [2.24, 2.45) is 5.41 Å². The van der Waals surface area contributed by atoms with Crippen molar-refractivity contribution in [2.75, 3.05) is 26.2 Å². The quantitative estimate of drug-likeness (QED) is 0.888. The van der Waals surface area contributed by atoms with E-state index in [1.807, 2.05) is 18.2 Å². The van der Waals surface area contributed by atoms with Gasteiger partial charge in [-0.2, -0.15) is 0 Å². The van der Waals surface area contributed by atoms with Gasteiger partial charge >= 0.3 is 0 Å². The molecule has 0 radical (unpaired) electrons. The van der Waals surface area contributed by atoms with Crippen LogP contribution in [0.5, 0.6) is 0 Å². The second-order valence-corrected chi connectivity index (χ2v) is 6.92. The molecule has 1 spiro atoms. The highest BCUT2D eigenvalue weighted by Crippen LogP contribution is 2.38. The van der Waals surface area contributed by atoms with Crippen molar-refractivity contribution >= 4 is 23.3 Å². The first kappa shape index (κ1) is 16.5. The van der Waals surface area contributed by atoms with Gasteiger partial charge in [-0.15, -0.1) is 12.4 Å². The van der Waals surface area contributed by atoms with Gasteiger partial charge < -0.3 is 10.3 Å². The summed E-state index contributed by atoms with van der Waals surface area (Å²) in [6, 6.07) is 10.1. The molecule has 3 heterocycles. The molecule has 2 N–H and O–H groups in total. The molecule has 0 unspecified atom stereocenters. The first-order valence-corrected chi connectivity index (χ1v) is 8.28. The molecule has 1 aromatic carbocycles. The lowest BCUT2D eigenvalue weighted by molar-refractivity contribution is 0.194.